The Bertz CT molecular complexity index is 45.9. The lowest BCUT2D eigenvalue weighted by molar-refractivity contribution is 0.810. The number of halogens is 1. The number of alkyl halides is 1. The molecule has 0 aliphatic heterocycles. The van der Waals surface area contributed by atoms with Gasteiger partial charge in [-0.05, 0) is 25.7 Å². The van der Waals surface area contributed by atoms with Gasteiger partial charge in [0.25, 0.3) is 0 Å². The van der Waals surface area contributed by atoms with Gasteiger partial charge in [-0.1, -0.05) is 0 Å². The lowest BCUT2D eigenvalue weighted by atomic mass is 10.3. The Morgan fingerprint density at radius 2 is 2.17 bits per heavy atom. The Labute approximate surface area is 43.5 Å². The predicted octanol–water partition coefficient (Wildman–Crippen LogP) is 2.02. The van der Waals surface area contributed by atoms with Gasteiger partial charge in [0.15, 0.2) is 0 Å². The van der Waals surface area contributed by atoms with Crippen molar-refractivity contribution in [3.8, 4) is 0 Å². The van der Waals surface area contributed by atoms with E-state index in [1.54, 1.807) is 0 Å². The first-order valence-corrected chi connectivity index (χ1v) is 2.88. The summed E-state index contributed by atoms with van der Waals surface area (Å²) in [6, 6.07) is 0. The second-order valence-corrected chi connectivity index (χ2v) is 2.70. The molecule has 1 aliphatic carbocycles. The zero-order valence-electron chi connectivity index (χ0n) is 3.95. The predicted molar refractivity (Wildman–Crippen MR) is 28.0 cm³/mol. The van der Waals surface area contributed by atoms with Crippen LogP contribution in [0.15, 0.2) is 0 Å². The third kappa shape index (κ3) is 0.874. The van der Waals surface area contributed by atoms with Crippen LogP contribution in [0.3, 0.4) is 0 Å². The fraction of sp³-hybridized carbons (Fsp3) is 1.00. The van der Waals surface area contributed by atoms with Crippen LogP contribution in [0.1, 0.15) is 19.8 Å². The molecule has 0 aromatic carbocycles. The van der Waals surface area contributed by atoms with E-state index in [9.17, 15) is 0 Å². The molecule has 1 fully saturated rings. The molecule has 0 amide bonds. The van der Waals surface area contributed by atoms with E-state index in [0.717, 1.165) is 5.92 Å². The van der Waals surface area contributed by atoms with Crippen LogP contribution in [-0.4, -0.2) is 5.38 Å². The third-order valence-electron chi connectivity index (χ3n) is 1.27. The zero-order chi connectivity index (χ0) is 4.57. The minimum atomic E-state index is 0.435. The van der Waals surface area contributed by atoms with E-state index in [0.29, 0.717) is 5.38 Å². The van der Waals surface area contributed by atoms with E-state index in [1.807, 2.05) is 0 Å². The van der Waals surface area contributed by atoms with Gasteiger partial charge in [-0.3, -0.25) is 0 Å². The topological polar surface area (TPSA) is 0 Å². The van der Waals surface area contributed by atoms with E-state index >= 15 is 0 Å². The fourth-order valence-corrected chi connectivity index (χ4v) is 0.808. The van der Waals surface area contributed by atoms with E-state index in [-0.39, 0.29) is 0 Å². The first-order chi connectivity index (χ1) is 2.80. The molecule has 1 saturated carbocycles. The van der Waals surface area contributed by atoms with Gasteiger partial charge in [0, 0.05) is 5.38 Å². The Balaban J connectivity index is 2.13. The van der Waals surface area contributed by atoms with Crippen molar-refractivity contribution in [1.82, 2.24) is 0 Å². The maximum Gasteiger partial charge on any atom is 0.0336 e. The SMILES string of the molecule is C[C@H](Cl)C1CC1. The van der Waals surface area contributed by atoms with Crippen molar-refractivity contribution in [2.24, 2.45) is 5.92 Å². The highest BCUT2D eigenvalue weighted by Gasteiger charge is 2.25. The maximum absolute atomic E-state index is 5.68. The van der Waals surface area contributed by atoms with Gasteiger partial charge in [0.1, 0.15) is 0 Å². The summed E-state index contributed by atoms with van der Waals surface area (Å²) in [5, 5.41) is 0.435. The smallest absolute Gasteiger partial charge is 0.0336 e. The molecule has 0 bridgehead atoms. The summed E-state index contributed by atoms with van der Waals surface area (Å²) in [6.45, 7) is 2.07. The number of hydrogen-bond donors (Lipinski definition) is 0. The van der Waals surface area contributed by atoms with Crippen LogP contribution in [0, 0.1) is 5.92 Å². The molecule has 0 heterocycles. The molecule has 0 radical (unpaired) electrons. The summed E-state index contributed by atoms with van der Waals surface area (Å²) in [5.41, 5.74) is 0. The Morgan fingerprint density at radius 3 is 2.17 bits per heavy atom. The Kier molecular flexibility index (Phi) is 1.05. The summed E-state index contributed by atoms with van der Waals surface area (Å²) in [5.74, 6) is 0.867. The molecule has 0 aromatic heterocycles. The first kappa shape index (κ1) is 4.45. The molecule has 0 nitrogen and oxygen atoms in total. The summed E-state index contributed by atoms with van der Waals surface area (Å²) in [4.78, 5) is 0. The van der Waals surface area contributed by atoms with Crippen LogP contribution < -0.4 is 0 Å². The summed E-state index contributed by atoms with van der Waals surface area (Å²) in [7, 11) is 0. The monoisotopic (exact) mass is 104 g/mol. The lowest BCUT2D eigenvalue weighted by Crippen LogP contribution is -1.89. The van der Waals surface area contributed by atoms with Crippen molar-refractivity contribution in [2.75, 3.05) is 0 Å². The number of hydrogen-bond acceptors (Lipinski definition) is 0. The van der Waals surface area contributed by atoms with Crippen molar-refractivity contribution in [3.63, 3.8) is 0 Å². The van der Waals surface area contributed by atoms with Crippen LogP contribution in [0.5, 0.6) is 0 Å². The molecule has 0 N–H and O–H groups in total. The Hall–Kier alpha value is 0.290. The molecular weight excluding hydrogens is 95.5 g/mol. The fourth-order valence-electron chi connectivity index (χ4n) is 0.556. The molecule has 0 unspecified atom stereocenters. The average molecular weight is 105 g/mol. The van der Waals surface area contributed by atoms with Crippen molar-refractivity contribution < 1.29 is 0 Å². The largest absolute Gasteiger partial charge is 0.123 e. The minimum absolute atomic E-state index is 0.435. The van der Waals surface area contributed by atoms with Gasteiger partial charge in [-0.25, -0.2) is 0 Å². The van der Waals surface area contributed by atoms with Crippen LogP contribution >= 0.6 is 11.6 Å². The second-order valence-electron chi connectivity index (χ2n) is 2.01. The molecule has 1 rings (SSSR count). The van der Waals surface area contributed by atoms with E-state index < -0.39 is 0 Å². The summed E-state index contributed by atoms with van der Waals surface area (Å²) in [6.07, 6.45) is 2.73. The molecule has 0 spiro atoms. The van der Waals surface area contributed by atoms with Gasteiger partial charge >= 0.3 is 0 Å². The average Bonchev–Trinajstić information content (AvgIpc) is 2.06. The van der Waals surface area contributed by atoms with Gasteiger partial charge in [0.2, 0.25) is 0 Å². The normalized spacial score (nSPS) is 27.0. The van der Waals surface area contributed by atoms with Crippen molar-refractivity contribution >= 4 is 11.6 Å². The van der Waals surface area contributed by atoms with Crippen LogP contribution in [-0.2, 0) is 0 Å². The molecule has 1 atom stereocenters. The highest BCUT2D eigenvalue weighted by molar-refractivity contribution is 6.20. The van der Waals surface area contributed by atoms with Crippen LogP contribution in [0.2, 0.25) is 0 Å². The first-order valence-electron chi connectivity index (χ1n) is 2.45. The second kappa shape index (κ2) is 1.42. The molecule has 6 heavy (non-hydrogen) atoms. The quantitative estimate of drug-likeness (QED) is 0.447. The van der Waals surface area contributed by atoms with E-state index in [2.05, 4.69) is 6.92 Å². The minimum Gasteiger partial charge on any atom is -0.123 e. The molecule has 1 aliphatic rings. The van der Waals surface area contributed by atoms with E-state index in [4.69, 9.17) is 11.6 Å². The van der Waals surface area contributed by atoms with Crippen molar-refractivity contribution in [3.05, 3.63) is 0 Å². The standard InChI is InChI=1S/C5H9Cl/c1-4(6)5-2-3-5/h4-5H,2-3H2,1H3/t4-/m0/s1. The molecule has 36 valence electrons. The van der Waals surface area contributed by atoms with E-state index in [1.165, 1.54) is 12.8 Å². The van der Waals surface area contributed by atoms with Crippen LogP contribution in [0.4, 0.5) is 0 Å². The summed E-state index contributed by atoms with van der Waals surface area (Å²) < 4.78 is 0. The lowest BCUT2D eigenvalue weighted by Gasteiger charge is -1.91. The third-order valence-corrected chi connectivity index (χ3v) is 1.63. The molecule has 0 saturated heterocycles. The highest BCUT2D eigenvalue weighted by Crippen LogP contribution is 2.34. The number of rotatable bonds is 1. The molecule has 0 aromatic rings. The maximum atomic E-state index is 5.68. The summed E-state index contributed by atoms with van der Waals surface area (Å²) >= 11 is 5.68. The highest BCUT2D eigenvalue weighted by atomic mass is 35.5. The molecular formula is C5H9Cl. The van der Waals surface area contributed by atoms with Crippen molar-refractivity contribution in [1.29, 1.82) is 0 Å². The zero-order valence-corrected chi connectivity index (χ0v) is 4.70. The van der Waals surface area contributed by atoms with Gasteiger partial charge in [-0.15, -0.1) is 11.6 Å². The van der Waals surface area contributed by atoms with Gasteiger partial charge in [0.05, 0.1) is 0 Å². The van der Waals surface area contributed by atoms with Gasteiger partial charge < -0.3 is 0 Å². The van der Waals surface area contributed by atoms with Gasteiger partial charge in [-0.2, -0.15) is 0 Å². The molecule has 1 heteroatoms. The Morgan fingerprint density at radius 1 is 1.67 bits per heavy atom. The van der Waals surface area contributed by atoms with Crippen LogP contribution in [0.25, 0.3) is 0 Å². The van der Waals surface area contributed by atoms with Crippen molar-refractivity contribution in [2.45, 2.75) is 25.1 Å².